The van der Waals surface area contributed by atoms with Crippen LogP contribution in [0.4, 0.5) is 11.4 Å². The highest BCUT2D eigenvalue weighted by atomic mass is 35.5. The van der Waals surface area contributed by atoms with Gasteiger partial charge in [0, 0.05) is 36.5 Å². The summed E-state index contributed by atoms with van der Waals surface area (Å²) in [7, 11) is 0. The lowest BCUT2D eigenvalue weighted by atomic mass is 10.1. The standard InChI is InChI=1S/C26H28ClN5O3/c1-15-10-19(32-8-9-35-16(2)14-32)12-21-24(15)31-25(30-21)23-20(6-7-28-26(23)34)29-13-22(33)17-4-3-5-18(27)11-17/h3-7,10-12,16,22,33H,8-9,13-14H2,1-2H3,(H,30,31)(H2,28,29,34). The minimum atomic E-state index is -0.794. The first-order valence-corrected chi connectivity index (χ1v) is 12.0. The number of benzene rings is 2. The van der Waals surface area contributed by atoms with Crippen molar-refractivity contribution in [3.8, 4) is 11.4 Å². The van der Waals surface area contributed by atoms with Gasteiger partial charge < -0.3 is 30.0 Å². The zero-order chi connectivity index (χ0) is 24.5. The van der Waals surface area contributed by atoms with Crippen LogP contribution in [0.25, 0.3) is 22.4 Å². The number of aromatic amines is 2. The lowest BCUT2D eigenvalue weighted by Crippen LogP contribution is -2.41. The lowest BCUT2D eigenvalue weighted by Gasteiger charge is -2.33. The Morgan fingerprint density at radius 3 is 2.97 bits per heavy atom. The van der Waals surface area contributed by atoms with E-state index in [9.17, 15) is 9.90 Å². The van der Waals surface area contributed by atoms with E-state index in [2.05, 4.69) is 39.2 Å². The number of aliphatic hydroxyl groups is 1. The number of nitrogens with one attached hydrogen (secondary N) is 3. The van der Waals surface area contributed by atoms with Gasteiger partial charge in [-0.05, 0) is 55.3 Å². The maximum atomic E-state index is 12.9. The number of H-pyrrole nitrogens is 2. The second-order valence-electron chi connectivity index (χ2n) is 8.92. The minimum Gasteiger partial charge on any atom is -0.387 e. The third-order valence-corrected chi connectivity index (χ3v) is 6.52. The summed E-state index contributed by atoms with van der Waals surface area (Å²) in [6.45, 7) is 6.66. The van der Waals surface area contributed by atoms with Gasteiger partial charge in [-0.3, -0.25) is 4.79 Å². The third-order valence-electron chi connectivity index (χ3n) is 6.29. The third kappa shape index (κ3) is 4.91. The number of aryl methyl sites for hydroxylation is 1. The number of pyridine rings is 1. The first kappa shape index (κ1) is 23.4. The number of imidazole rings is 1. The molecule has 0 amide bonds. The number of hydrogen-bond acceptors (Lipinski definition) is 6. The second kappa shape index (κ2) is 9.73. The van der Waals surface area contributed by atoms with Crippen molar-refractivity contribution in [2.75, 3.05) is 36.5 Å². The molecule has 182 valence electrons. The molecule has 2 aromatic heterocycles. The fourth-order valence-corrected chi connectivity index (χ4v) is 4.72. The summed E-state index contributed by atoms with van der Waals surface area (Å²) in [4.78, 5) is 26.0. The number of hydrogen-bond donors (Lipinski definition) is 4. The van der Waals surface area contributed by atoms with Crippen LogP contribution < -0.4 is 15.8 Å². The topological polar surface area (TPSA) is 106 Å². The summed E-state index contributed by atoms with van der Waals surface area (Å²) in [5.74, 6) is 0.470. The molecule has 1 saturated heterocycles. The van der Waals surface area contributed by atoms with E-state index in [0.717, 1.165) is 35.4 Å². The van der Waals surface area contributed by atoms with Gasteiger partial charge in [-0.25, -0.2) is 4.98 Å². The number of ether oxygens (including phenoxy) is 1. The molecule has 0 bridgehead atoms. The average Bonchev–Trinajstić information content (AvgIpc) is 3.27. The van der Waals surface area contributed by atoms with E-state index in [4.69, 9.17) is 21.3 Å². The number of halogens is 1. The molecule has 1 aliphatic rings. The number of fused-ring (bicyclic) bond motifs is 1. The molecular weight excluding hydrogens is 466 g/mol. The molecule has 0 radical (unpaired) electrons. The SMILES string of the molecule is Cc1cc(N2CCOC(C)C2)cc2[nH]c(-c3c(NCC(O)c4cccc(Cl)c4)cc[nH]c3=O)nc12. The van der Waals surface area contributed by atoms with Crippen LogP contribution in [0.15, 0.2) is 53.5 Å². The van der Waals surface area contributed by atoms with E-state index in [1.54, 1.807) is 30.5 Å². The fourth-order valence-electron chi connectivity index (χ4n) is 4.52. The van der Waals surface area contributed by atoms with E-state index < -0.39 is 6.10 Å². The Balaban J connectivity index is 1.45. The number of rotatable bonds is 6. The van der Waals surface area contributed by atoms with Crippen LogP contribution in [0.5, 0.6) is 0 Å². The largest absolute Gasteiger partial charge is 0.387 e. The maximum Gasteiger partial charge on any atom is 0.261 e. The Kier molecular flexibility index (Phi) is 6.51. The number of aromatic nitrogens is 3. The first-order chi connectivity index (χ1) is 16.9. The van der Waals surface area contributed by atoms with Crippen molar-refractivity contribution in [1.29, 1.82) is 0 Å². The van der Waals surface area contributed by atoms with E-state index >= 15 is 0 Å². The van der Waals surface area contributed by atoms with Gasteiger partial charge in [0.1, 0.15) is 11.4 Å². The molecule has 3 heterocycles. The van der Waals surface area contributed by atoms with Crippen molar-refractivity contribution in [2.45, 2.75) is 26.1 Å². The first-order valence-electron chi connectivity index (χ1n) is 11.7. The molecule has 1 aliphatic heterocycles. The summed E-state index contributed by atoms with van der Waals surface area (Å²) in [5.41, 5.74) is 5.20. The molecule has 35 heavy (non-hydrogen) atoms. The highest BCUT2D eigenvalue weighted by Crippen LogP contribution is 2.30. The maximum absolute atomic E-state index is 12.9. The molecular formula is C26H28ClN5O3. The van der Waals surface area contributed by atoms with E-state index in [-0.39, 0.29) is 18.2 Å². The number of anilines is 2. The Morgan fingerprint density at radius 1 is 1.31 bits per heavy atom. The summed E-state index contributed by atoms with van der Waals surface area (Å²) in [6.07, 6.45) is 0.957. The second-order valence-corrected chi connectivity index (χ2v) is 9.36. The Morgan fingerprint density at radius 2 is 2.17 bits per heavy atom. The molecule has 0 saturated carbocycles. The highest BCUT2D eigenvalue weighted by molar-refractivity contribution is 6.30. The Bertz CT molecular complexity index is 1420. The molecule has 2 atom stereocenters. The molecule has 2 unspecified atom stereocenters. The van der Waals surface area contributed by atoms with E-state index in [1.165, 1.54) is 0 Å². The van der Waals surface area contributed by atoms with Gasteiger partial charge in [-0.2, -0.15) is 0 Å². The Labute approximate surface area is 207 Å². The summed E-state index contributed by atoms with van der Waals surface area (Å²) >= 11 is 6.05. The Hall–Kier alpha value is -3.33. The minimum absolute atomic E-state index is 0.177. The quantitative estimate of drug-likeness (QED) is 0.320. The zero-order valence-electron chi connectivity index (χ0n) is 19.6. The van der Waals surface area contributed by atoms with Crippen LogP contribution in [0.1, 0.15) is 24.2 Å². The average molecular weight is 494 g/mol. The van der Waals surface area contributed by atoms with Crippen molar-refractivity contribution in [2.24, 2.45) is 0 Å². The van der Waals surface area contributed by atoms with Crippen molar-refractivity contribution < 1.29 is 9.84 Å². The monoisotopic (exact) mass is 493 g/mol. The van der Waals surface area contributed by atoms with Crippen LogP contribution in [0.3, 0.4) is 0 Å². The van der Waals surface area contributed by atoms with Crippen molar-refractivity contribution >= 4 is 34.0 Å². The molecule has 8 nitrogen and oxygen atoms in total. The van der Waals surface area contributed by atoms with Crippen molar-refractivity contribution in [1.82, 2.24) is 15.0 Å². The van der Waals surface area contributed by atoms with Gasteiger partial charge in [0.2, 0.25) is 0 Å². The molecule has 0 spiro atoms. The predicted octanol–water partition coefficient (Wildman–Crippen LogP) is 4.25. The van der Waals surface area contributed by atoms with Crippen LogP contribution in [0.2, 0.25) is 5.02 Å². The summed E-state index contributed by atoms with van der Waals surface area (Å²) in [5, 5.41) is 14.4. The fraction of sp³-hybridized carbons (Fsp3) is 0.308. The molecule has 1 fully saturated rings. The van der Waals surface area contributed by atoms with Crippen LogP contribution >= 0.6 is 11.6 Å². The van der Waals surface area contributed by atoms with Gasteiger partial charge >= 0.3 is 0 Å². The summed E-state index contributed by atoms with van der Waals surface area (Å²) < 4.78 is 5.68. The smallest absolute Gasteiger partial charge is 0.261 e. The molecule has 5 rings (SSSR count). The predicted molar refractivity (Wildman–Crippen MR) is 139 cm³/mol. The van der Waals surface area contributed by atoms with Crippen LogP contribution in [-0.2, 0) is 4.74 Å². The molecule has 4 aromatic rings. The van der Waals surface area contributed by atoms with E-state index in [0.29, 0.717) is 34.3 Å². The zero-order valence-corrected chi connectivity index (χ0v) is 20.4. The normalized spacial score (nSPS) is 17.0. The van der Waals surface area contributed by atoms with Crippen LogP contribution in [0, 0.1) is 6.92 Å². The summed E-state index contributed by atoms with van der Waals surface area (Å²) in [6, 6.07) is 13.1. The van der Waals surface area contributed by atoms with Crippen LogP contribution in [-0.4, -0.2) is 52.4 Å². The number of morpholine rings is 1. The van der Waals surface area contributed by atoms with Crippen molar-refractivity contribution in [3.05, 3.63) is 75.2 Å². The number of nitrogens with zero attached hydrogens (tertiary/aromatic N) is 2. The molecule has 0 aliphatic carbocycles. The number of aliphatic hydroxyl groups excluding tert-OH is 1. The molecule has 4 N–H and O–H groups in total. The van der Waals surface area contributed by atoms with E-state index in [1.807, 2.05) is 13.0 Å². The van der Waals surface area contributed by atoms with Gasteiger partial charge in [0.15, 0.2) is 0 Å². The molecule has 9 heteroatoms. The van der Waals surface area contributed by atoms with Gasteiger partial charge in [-0.1, -0.05) is 23.7 Å². The van der Waals surface area contributed by atoms with Gasteiger partial charge in [0.05, 0.1) is 35.5 Å². The highest BCUT2D eigenvalue weighted by Gasteiger charge is 2.20. The lowest BCUT2D eigenvalue weighted by molar-refractivity contribution is 0.0532. The molecule has 2 aromatic carbocycles. The van der Waals surface area contributed by atoms with Gasteiger partial charge in [0.25, 0.3) is 5.56 Å². The van der Waals surface area contributed by atoms with Crippen molar-refractivity contribution in [3.63, 3.8) is 0 Å². The van der Waals surface area contributed by atoms with Gasteiger partial charge in [-0.15, -0.1) is 0 Å².